The molecule has 4 heteroatoms. The maximum absolute atomic E-state index is 11.7. The second-order valence-electron chi connectivity index (χ2n) is 4.29. The third-order valence-electron chi connectivity index (χ3n) is 3.12. The van der Waals surface area contributed by atoms with Crippen LogP contribution in [0.25, 0.3) is 0 Å². The van der Waals surface area contributed by atoms with Crippen molar-refractivity contribution in [3.63, 3.8) is 0 Å². The predicted molar refractivity (Wildman–Crippen MR) is 47.6 cm³/mol. The lowest BCUT2D eigenvalue weighted by Crippen LogP contribution is -2.45. The summed E-state index contributed by atoms with van der Waals surface area (Å²) in [6, 6.07) is 0. The molecule has 0 amide bonds. The Morgan fingerprint density at radius 3 is 3.00 bits per heavy atom. The van der Waals surface area contributed by atoms with Gasteiger partial charge < -0.3 is 9.47 Å². The lowest BCUT2D eigenvalue weighted by Gasteiger charge is -2.32. The van der Waals surface area contributed by atoms with E-state index in [1.54, 1.807) is 0 Å². The highest BCUT2D eigenvalue weighted by Crippen LogP contribution is 2.42. The predicted octanol–water partition coefficient (Wildman–Crippen LogP) is 0.686. The molecule has 14 heavy (non-hydrogen) atoms. The van der Waals surface area contributed by atoms with E-state index in [0.717, 1.165) is 12.8 Å². The fourth-order valence-corrected chi connectivity index (χ4v) is 2.39. The molecule has 0 spiro atoms. The quantitative estimate of drug-likeness (QED) is 0.459. The Hall–Kier alpha value is -0.900. The van der Waals surface area contributed by atoms with E-state index in [0.29, 0.717) is 6.42 Å². The molecule has 2 rings (SSSR count). The highest BCUT2D eigenvalue weighted by molar-refractivity contribution is 6.00. The Labute approximate surface area is 82.6 Å². The first-order valence-corrected chi connectivity index (χ1v) is 4.84. The van der Waals surface area contributed by atoms with Gasteiger partial charge in [-0.2, -0.15) is 0 Å². The van der Waals surface area contributed by atoms with Crippen LogP contribution in [0.1, 0.15) is 26.2 Å². The average Bonchev–Trinajstić information content (AvgIpc) is 2.42. The van der Waals surface area contributed by atoms with Gasteiger partial charge in [-0.15, -0.1) is 0 Å². The second-order valence-corrected chi connectivity index (χ2v) is 4.29. The first-order chi connectivity index (χ1) is 6.56. The topological polar surface area (TPSA) is 52.6 Å². The number of carbonyl (C=O) groups excluding carboxylic acids is 2. The molecule has 2 aliphatic rings. The Bertz CT molecular complexity index is 286. The van der Waals surface area contributed by atoms with Crippen molar-refractivity contribution in [1.82, 2.24) is 0 Å². The van der Waals surface area contributed by atoms with Crippen LogP contribution >= 0.6 is 0 Å². The summed E-state index contributed by atoms with van der Waals surface area (Å²) in [6.07, 6.45) is 1.72. The third-order valence-corrected chi connectivity index (χ3v) is 3.12. The highest BCUT2D eigenvalue weighted by atomic mass is 16.5. The molecule has 0 N–H and O–H groups in total. The molecule has 0 aliphatic carbocycles. The van der Waals surface area contributed by atoms with Gasteiger partial charge in [-0.05, 0) is 19.8 Å². The van der Waals surface area contributed by atoms with Gasteiger partial charge in [0.05, 0.1) is 18.8 Å². The lowest BCUT2D eigenvalue weighted by molar-refractivity contribution is -0.167. The fraction of sp³-hybridized carbons (Fsp3) is 0.800. The molecule has 3 atom stereocenters. The molecule has 2 aliphatic heterocycles. The van der Waals surface area contributed by atoms with Crippen LogP contribution in [0.4, 0.5) is 0 Å². The molecule has 2 fully saturated rings. The molecule has 2 saturated heterocycles. The third kappa shape index (κ3) is 1.34. The largest absolute Gasteiger partial charge is 0.468 e. The summed E-state index contributed by atoms with van der Waals surface area (Å²) in [5, 5.41) is 0. The van der Waals surface area contributed by atoms with Gasteiger partial charge in [0, 0.05) is 6.42 Å². The second kappa shape index (κ2) is 3.05. The zero-order chi connectivity index (χ0) is 10.3. The van der Waals surface area contributed by atoms with E-state index in [1.807, 2.05) is 6.92 Å². The summed E-state index contributed by atoms with van der Waals surface area (Å²) in [5.74, 6) is -1.17. The number of hydrogen-bond donors (Lipinski definition) is 0. The molecule has 0 saturated carbocycles. The van der Waals surface area contributed by atoms with Crippen molar-refractivity contribution in [3.05, 3.63) is 0 Å². The van der Waals surface area contributed by atoms with Crippen molar-refractivity contribution in [1.29, 1.82) is 0 Å². The van der Waals surface area contributed by atoms with Crippen LogP contribution in [0, 0.1) is 5.92 Å². The van der Waals surface area contributed by atoms with E-state index in [4.69, 9.17) is 4.74 Å². The number of esters is 1. The van der Waals surface area contributed by atoms with Gasteiger partial charge in [-0.3, -0.25) is 9.59 Å². The molecule has 78 valence electrons. The molecular formula is C10H14O4. The van der Waals surface area contributed by atoms with Gasteiger partial charge in [-0.25, -0.2) is 0 Å². The monoisotopic (exact) mass is 198 g/mol. The fourth-order valence-electron chi connectivity index (χ4n) is 2.39. The Morgan fingerprint density at radius 2 is 2.36 bits per heavy atom. The van der Waals surface area contributed by atoms with E-state index in [-0.39, 0.29) is 17.5 Å². The van der Waals surface area contributed by atoms with Gasteiger partial charge in [0.1, 0.15) is 5.92 Å². The van der Waals surface area contributed by atoms with Crippen LogP contribution in [0.15, 0.2) is 0 Å². The number of methoxy groups -OCH3 is 1. The minimum atomic E-state index is -0.685. The summed E-state index contributed by atoms with van der Waals surface area (Å²) < 4.78 is 10.3. The Kier molecular flexibility index (Phi) is 2.10. The van der Waals surface area contributed by atoms with Gasteiger partial charge in [-0.1, -0.05) is 0 Å². The van der Waals surface area contributed by atoms with E-state index < -0.39 is 11.9 Å². The van der Waals surface area contributed by atoms with Crippen molar-refractivity contribution in [2.24, 2.45) is 5.92 Å². The molecule has 0 aromatic heterocycles. The number of Topliss-reactive ketones (excluding diaryl/α,β-unsaturated/α-hetero) is 1. The first-order valence-electron chi connectivity index (χ1n) is 4.84. The first kappa shape index (κ1) is 9.65. The van der Waals surface area contributed by atoms with E-state index in [2.05, 4.69) is 4.74 Å². The summed E-state index contributed by atoms with van der Waals surface area (Å²) >= 11 is 0. The van der Waals surface area contributed by atoms with Crippen LogP contribution in [-0.2, 0) is 19.1 Å². The number of rotatable bonds is 1. The summed E-state index contributed by atoms with van der Waals surface area (Å²) in [7, 11) is 1.30. The molecule has 2 bridgehead atoms. The van der Waals surface area contributed by atoms with Crippen molar-refractivity contribution in [2.75, 3.05) is 7.11 Å². The number of ether oxygens (including phenoxy) is 2. The summed E-state index contributed by atoms with van der Waals surface area (Å²) in [6.45, 7) is 1.93. The van der Waals surface area contributed by atoms with Crippen molar-refractivity contribution in [3.8, 4) is 0 Å². The molecular weight excluding hydrogens is 184 g/mol. The molecule has 4 nitrogen and oxygen atoms in total. The van der Waals surface area contributed by atoms with E-state index in [1.165, 1.54) is 7.11 Å². The zero-order valence-corrected chi connectivity index (χ0v) is 8.41. The Morgan fingerprint density at radius 1 is 1.64 bits per heavy atom. The van der Waals surface area contributed by atoms with Gasteiger partial charge >= 0.3 is 5.97 Å². The van der Waals surface area contributed by atoms with Gasteiger partial charge in [0.2, 0.25) is 0 Å². The number of ketones is 1. The van der Waals surface area contributed by atoms with E-state index >= 15 is 0 Å². The maximum Gasteiger partial charge on any atom is 0.318 e. The molecule has 0 aromatic rings. The van der Waals surface area contributed by atoms with Crippen LogP contribution in [-0.4, -0.2) is 30.6 Å². The minimum Gasteiger partial charge on any atom is -0.468 e. The van der Waals surface area contributed by atoms with Gasteiger partial charge in [0.25, 0.3) is 0 Å². The minimum absolute atomic E-state index is 0.0342. The smallest absolute Gasteiger partial charge is 0.318 e. The normalized spacial score (nSPS) is 41.1. The van der Waals surface area contributed by atoms with Crippen LogP contribution in [0.2, 0.25) is 0 Å². The average molecular weight is 198 g/mol. The van der Waals surface area contributed by atoms with Crippen LogP contribution in [0.5, 0.6) is 0 Å². The van der Waals surface area contributed by atoms with Crippen molar-refractivity contribution in [2.45, 2.75) is 37.9 Å². The number of carbonyl (C=O) groups is 2. The number of hydrogen-bond acceptors (Lipinski definition) is 4. The van der Waals surface area contributed by atoms with Crippen LogP contribution in [0.3, 0.4) is 0 Å². The SMILES string of the molecule is COC(=O)C1C(=O)C[C@@]2(C)CC[C@@H]1O2. The Balaban J connectivity index is 2.21. The molecule has 0 radical (unpaired) electrons. The zero-order valence-electron chi connectivity index (χ0n) is 8.41. The van der Waals surface area contributed by atoms with Crippen LogP contribution < -0.4 is 0 Å². The van der Waals surface area contributed by atoms with Crippen molar-refractivity contribution < 1.29 is 19.1 Å². The summed E-state index contributed by atoms with van der Waals surface area (Å²) in [4.78, 5) is 23.0. The molecule has 0 aromatic carbocycles. The number of fused-ring (bicyclic) bond motifs is 2. The molecule has 1 unspecified atom stereocenters. The lowest BCUT2D eigenvalue weighted by atomic mass is 9.90. The van der Waals surface area contributed by atoms with E-state index in [9.17, 15) is 9.59 Å². The van der Waals surface area contributed by atoms with Crippen molar-refractivity contribution >= 4 is 11.8 Å². The van der Waals surface area contributed by atoms with Gasteiger partial charge in [0.15, 0.2) is 5.78 Å². The summed E-state index contributed by atoms with van der Waals surface area (Å²) in [5.41, 5.74) is -0.327. The highest BCUT2D eigenvalue weighted by Gasteiger charge is 2.52. The maximum atomic E-state index is 11.7. The standard InChI is InChI=1S/C10H14O4/c1-10-4-3-7(14-10)8(6(11)5-10)9(12)13-2/h7-8H,3-5H2,1-2H3/t7-,8?,10+/m0/s1. The molecule has 2 heterocycles.